The minimum atomic E-state index is -5.08. The molecule has 0 saturated carbocycles. The molecule has 0 bridgehead atoms. The quantitative estimate of drug-likeness (QED) is 0.615. The molecule has 2 N–H and O–H groups in total. The zero-order valence-electron chi connectivity index (χ0n) is 16.1. The smallest absolute Gasteiger partial charge is 0.475 e. The molecule has 1 aliphatic heterocycles. The number of carboxylic acids is 1. The molecule has 2 aromatic carbocycles. The normalized spacial score (nSPS) is 14.8. The van der Waals surface area contributed by atoms with Gasteiger partial charge in [0.05, 0.1) is 0 Å². The summed E-state index contributed by atoms with van der Waals surface area (Å²) in [4.78, 5) is 11.2. The van der Waals surface area contributed by atoms with Gasteiger partial charge in [0.1, 0.15) is 5.82 Å². The predicted octanol–water partition coefficient (Wildman–Crippen LogP) is 5.69. The van der Waals surface area contributed by atoms with Gasteiger partial charge in [-0.15, -0.1) is 0 Å². The molecule has 1 saturated heterocycles. The maximum atomic E-state index is 13.8. The van der Waals surface area contributed by atoms with Crippen LogP contribution < -0.4 is 5.32 Å². The van der Waals surface area contributed by atoms with E-state index < -0.39 is 12.1 Å². The Bertz CT molecular complexity index is 849. The highest BCUT2D eigenvalue weighted by Crippen LogP contribution is 2.39. The zero-order chi connectivity index (χ0) is 21.6. The van der Waals surface area contributed by atoms with Crippen molar-refractivity contribution in [1.82, 2.24) is 5.32 Å². The van der Waals surface area contributed by atoms with E-state index in [0.717, 1.165) is 30.8 Å². The van der Waals surface area contributed by atoms with Crippen molar-refractivity contribution in [2.75, 3.05) is 13.1 Å². The van der Waals surface area contributed by atoms with Gasteiger partial charge in [-0.05, 0) is 80.6 Å². The van der Waals surface area contributed by atoms with E-state index in [2.05, 4.69) is 37.4 Å². The molecule has 158 valence electrons. The fourth-order valence-electron chi connectivity index (χ4n) is 3.02. The lowest BCUT2D eigenvalue weighted by atomic mass is 9.90. The third-order valence-electron chi connectivity index (χ3n) is 4.77. The van der Waals surface area contributed by atoms with Crippen molar-refractivity contribution in [1.29, 1.82) is 0 Å². The molecule has 0 atom stereocenters. The standard InChI is InChI=1S/C19H22FNS.C2HF3O2/c1-13-4-3-5-18(14(13)2)22-19-12-16(20)6-7-17(19)15-8-10-21-11-9-15;3-2(4,5)1(6)7/h3-7,12,15,21H,8-11H2,1-2H3;(H,6,7). The second kappa shape index (κ2) is 10.1. The monoisotopic (exact) mass is 429 g/mol. The number of aryl methyl sites for hydroxylation is 1. The first-order chi connectivity index (χ1) is 13.6. The number of halogens is 4. The molecule has 3 nitrogen and oxygen atoms in total. The first-order valence-electron chi connectivity index (χ1n) is 9.14. The molecule has 29 heavy (non-hydrogen) atoms. The molecule has 1 fully saturated rings. The second-order valence-corrected chi connectivity index (χ2v) is 7.89. The summed E-state index contributed by atoms with van der Waals surface area (Å²) in [6.45, 7) is 6.37. The average Bonchev–Trinajstić information content (AvgIpc) is 2.66. The summed E-state index contributed by atoms with van der Waals surface area (Å²) in [5.74, 6) is -2.37. The Labute approximate surface area is 171 Å². The molecule has 2 aromatic rings. The average molecular weight is 429 g/mol. The molecule has 0 amide bonds. The van der Waals surface area contributed by atoms with Crippen molar-refractivity contribution in [2.45, 2.75) is 48.6 Å². The molecule has 0 spiro atoms. The highest BCUT2D eigenvalue weighted by atomic mass is 32.2. The molecule has 1 aliphatic rings. The number of alkyl halides is 3. The van der Waals surface area contributed by atoms with E-state index in [-0.39, 0.29) is 5.82 Å². The molecule has 0 aliphatic carbocycles. The number of carbonyl (C=O) groups is 1. The van der Waals surface area contributed by atoms with E-state index >= 15 is 0 Å². The van der Waals surface area contributed by atoms with Crippen LogP contribution in [0.2, 0.25) is 0 Å². The summed E-state index contributed by atoms with van der Waals surface area (Å²) < 4.78 is 45.5. The van der Waals surface area contributed by atoms with Crippen LogP contribution in [0.5, 0.6) is 0 Å². The Balaban J connectivity index is 0.000000370. The van der Waals surface area contributed by atoms with Crippen molar-refractivity contribution >= 4 is 17.7 Å². The number of hydrogen-bond donors (Lipinski definition) is 2. The van der Waals surface area contributed by atoms with Gasteiger partial charge in [-0.25, -0.2) is 9.18 Å². The van der Waals surface area contributed by atoms with Gasteiger partial charge in [0.25, 0.3) is 0 Å². The van der Waals surface area contributed by atoms with E-state index in [0.29, 0.717) is 5.92 Å². The number of carboxylic acid groups (broad SMARTS) is 1. The molecule has 8 heteroatoms. The van der Waals surface area contributed by atoms with Gasteiger partial charge in [0, 0.05) is 9.79 Å². The maximum absolute atomic E-state index is 13.8. The minimum Gasteiger partial charge on any atom is -0.475 e. The summed E-state index contributed by atoms with van der Waals surface area (Å²) in [6.07, 6.45) is -2.82. The number of benzene rings is 2. The van der Waals surface area contributed by atoms with Gasteiger partial charge < -0.3 is 10.4 Å². The van der Waals surface area contributed by atoms with Crippen LogP contribution in [0.25, 0.3) is 0 Å². The topological polar surface area (TPSA) is 49.3 Å². The number of hydrogen-bond acceptors (Lipinski definition) is 3. The molecule has 0 aromatic heterocycles. The lowest BCUT2D eigenvalue weighted by molar-refractivity contribution is -0.192. The molecular weight excluding hydrogens is 406 g/mol. The number of piperidine rings is 1. The van der Waals surface area contributed by atoms with Crippen LogP contribution in [-0.4, -0.2) is 30.3 Å². The van der Waals surface area contributed by atoms with Crippen LogP contribution in [0, 0.1) is 19.7 Å². The van der Waals surface area contributed by atoms with Gasteiger partial charge in [0.2, 0.25) is 0 Å². The third-order valence-corrected chi connectivity index (χ3v) is 6.01. The summed E-state index contributed by atoms with van der Waals surface area (Å²) in [7, 11) is 0. The predicted molar refractivity (Wildman–Crippen MR) is 105 cm³/mol. The Kier molecular flexibility index (Phi) is 8.10. The SMILES string of the molecule is Cc1cccc(Sc2cc(F)ccc2C2CCNCC2)c1C.O=C(O)C(F)(F)F. The zero-order valence-corrected chi connectivity index (χ0v) is 17.0. The van der Waals surface area contributed by atoms with Crippen molar-refractivity contribution in [2.24, 2.45) is 0 Å². The van der Waals surface area contributed by atoms with Crippen LogP contribution in [0.1, 0.15) is 35.4 Å². The Morgan fingerprint density at radius 3 is 2.31 bits per heavy atom. The van der Waals surface area contributed by atoms with Crippen LogP contribution in [0.4, 0.5) is 17.6 Å². The van der Waals surface area contributed by atoms with E-state index in [1.54, 1.807) is 23.9 Å². The fourth-order valence-corrected chi connectivity index (χ4v) is 4.24. The Morgan fingerprint density at radius 1 is 1.10 bits per heavy atom. The van der Waals surface area contributed by atoms with E-state index in [1.165, 1.54) is 21.6 Å². The lowest BCUT2D eigenvalue weighted by Gasteiger charge is -2.25. The molecule has 3 rings (SSSR count). The number of nitrogens with one attached hydrogen (secondary N) is 1. The lowest BCUT2D eigenvalue weighted by Crippen LogP contribution is -2.26. The van der Waals surface area contributed by atoms with Crippen LogP contribution in [-0.2, 0) is 4.79 Å². The number of aliphatic carboxylic acids is 1. The van der Waals surface area contributed by atoms with Gasteiger partial charge >= 0.3 is 12.1 Å². The summed E-state index contributed by atoms with van der Waals surface area (Å²) in [5, 5.41) is 10.5. The van der Waals surface area contributed by atoms with Gasteiger partial charge in [-0.1, -0.05) is 30.0 Å². The Hall–Kier alpha value is -2.06. The summed E-state index contributed by atoms with van der Waals surface area (Å²) in [6, 6.07) is 11.6. The summed E-state index contributed by atoms with van der Waals surface area (Å²) in [5.41, 5.74) is 3.87. The van der Waals surface area contributed by atoms with Gasteiger partial charge in [0.15, 0.2) is 0 Å². The minimum absolute atomic E-state index is 0.148. The van der Waals surface area contributed by atoms with Crippen LogP contribution in [0.15, 0.2) is 46.2 Å². The second-order valence-electron chi connectivity index (χ2n) is 6.81. The highest BCUT2D eigenvalue weighted by molar-refractivity contribution is 7.99. The van der Waals surface area contributed by atoms with Crippen LogP contribution >= 0.6 is 11.8 Å². The third kappa shape index (κ3) is 6.75. The largest absolute Gasteiger partial charge is 0.490 e. The Morgan fingerprint density at radius 2 is 1.72 bits per heavy atom. The fraction of sp³-hybridized carbons (Fsp3) is 0.381. The van der Waals surface area contributed by atoms with Crippen molar-refractivity contribution in [3.05, 3.63) is 58.9 Å². The molecule has 0 unspecified atom stereocenters. The van der Waals surface area contributed by atoms with Crippen molar-refractivity contribution < 1.29 is 27.5 Å². The van der Waals surface area contributed by atoms with E-state index in [4.69, 9.17) is 9.90 Å². The van der Waals surface area contributed by atoms with Gasteiger partial charge in [-0.2, -0.15) is 13.2 Å². The maximum Gasteiger partial charge on any atom is 0.490 e. The molecule has 0 radical (unpaired) electrons. The van der Waals surface area contributed by atoms with Crippen molar-refractivity contribution in [3.63, 3.8) is 0 Å². The number of rotatable bonds is 3. The van der Waals surface area contributed by atoms with E-state index in [9.17, 15) is 17.6 Å². The first kappa shape index (κ1) is 23.2. The first-order valence-corrected chi connectivity index (χ1v) is 9.95. The van der Waals surface area contributed by atoms with Crippen molar-refractivity contribution in [3.8, 4) is 0 Å². The molecule has 1 heterocycles. The van der Waals surface area contributed by atoms with E-state index in [1.807, 2.05) is 6.07 Å². The highest BCUT2D eigenvalue weighted by Gasteiger charge is 2.38. The van der Waals surface area contributed by atoms with Gasteiger partial charge in [-0.3, -0.25) is 0 Å². The molecular formula is C21H23F4NO2S. The van der Waals surface area contributed by atoms with Crippen LogP contribution in [0.3, 0.4) is 0 Å². The summed E-state index contributed by atoms with van der Waals surface area (Å²) >= 11 is 1.70.